The highest BCUT2D eigenvalue weighted by Gasteiger charge is 2.09. The van der Waals surface area contributed by atoms with Crippen LogP contribution in [0.15, 0.2) is 11.3 Å². The third kappa shape index (κ3) is 4.07. The third-order valence-corrected chi connectivity index (χ3v) is 1.93. The molecule has 80 valence electrons. The molecule has 0 aromatic rings. The SMILES string of the molecule is CCCCN/C(C=N)=C(/CC)C(=O)O. The first-order chi connectivity index (χ1) is 6.67. The lowest BCUT2D eigenvalue weighted by Crippen LogP contribution is -2.20. The summed E-state index contributed by atoms with van der Waals surface area (Å²) in [5, 5.41) is 18.9. The second-order valence-corrected chi connectivity index (χ2v) is 2.98. The van der Waals surface area contributed by atoms with Gasteiger partial charge in [0.15, 0.2) is 0 Å². The van der Waals surface area contributed by atoms with Gasteiger partial charge in [0.05, 0.1) is 11.3 Å². The fraction of sp³-hybridized carbons (Fsp3) is 0.600. The van der Waals surface area contributed by atoms with E-state index >= 15 is 0 Å². The summed E-state index contributed by atoms with van der Waals surface area (Å²) in [6, 6.07) is 0. The molecule has 0 amide bonds. The summed E-state index contributed by atoms with van der Waals surface area (Å²) in [4.78, 5) is 10.8. The first-order valence-corrected chi connectivity index (χ1v) is 4.88. The van der Waals surface area contributed by atoms with Gasteiger partial charge in [-0.3, -0.25) is 0 Å². The Hall–Kier alpha value is -1.32. The molecule has 0 fully saturated rings. The van der Waals surface area contributed by atoms with Gasteiger partial charge in [-0.05, 0) is 12.8 Å². The normalized spacial score (nSPS) is 11.9. The van der Waals surface area contributed by atoms with Crippen molar-refractivity contribution in [3.63, 3.8) is 0 Å². The predicted octanol–water partition coefficient (Wildman–Crippen LogP) is 1.77. The van der Waals surface area contributed by atoms with Crippen LogP contribution in [-0.4, -0.2) is 23.8 Å². The summed E-state index contributed by atoms with van der Waals surface area (Å²) in [5.41, 5.74) is 0.699. The molecule has 0 radical (unpaired) electrons. The van der Waals surface area contributed by atoms with Gasteiger partial charge in [-0.2, -0.15) is 0 Å². The van der Waals surface area contributed by atoms with E-state index < -0.39 is 5.97 Å². The Morgan fingerprint density at radius 2 is 2.14 bits per heavy atom. The Morgan fingerprint density at radius 3 is 2.50 bits per heavy atom. The molecule has 0 unspecified atom stereocenters. The first kappa shape index (κ1) is 12.7. The topological polar surface area (TPSA) is 73.2 Å². The second kappa shape index (κ2) is 7.12. The molecule has 0 saturated heterocycles. The monoisotopic (exact) mass is 198 g/mol. The van der Waals surface area contributed by atoms with E-state index in [1.54, 1.807) is 6.92 Å². The van der Waals surface area contributed by atoms with Crippen molar-refractivity contribution < 1.29 is 9.90 Å². The maximum atomic E-state index is 10.8. The van der Waals surface area contributed by atoms with Crippen molar-refractivity contribution in [2.45, 2.75) is 33.1 Å². The molecule has 0 atom stereocenters. The fourth-order valence-electron chi connectivity index (χ4n) is 1.10. The third-order valence-electron chi connectivity index (χ3n) is 1.93. The average molecular weight is 198 g/mol. The molecule has 0 aromatic heterocycles. The Labute approximate surface area is 84.5 Å². The van der Waals surface area contributed by atoms with Crippen molar-refractivity contribution in [3.05, 3.63) is 11.3 Å². The zero-order valence-corrected chi connectivity index (χ0v) is 8.76. The van der Waals surface area contributed by atoms with Crippen LogP contribution in [0.25, 0.3) is 0 Å². The molecular formula is C10H18N2O2. The van der Waals surface area contributed by atoms with Crippen molar-refractivity contribution in [1.82, 2.24) is 5.32 Å². The van der Waals surface area contributed by atoms with E-state index in [0.29, 0.717) is 12.1 Å². The summed E-state index contributed by atoms with van der Waals surface area (Å²) >= 11 is 0. The van der Waals surface area contributed by atoms with E-state index in [-0.39, 0.29) is 5.57 Å². The highest BCUT2D eigenvalue weighted by molar-refractivity contribution is 5.94. The summed E-state index contributed by atoms with van der Waals surface area (Å²) in [7, 11) is 0. The number of carboxylic acids is 1. The van der Waals surface area contributed by atoms with Crippen molar-refractivity contribution in [2.24, 2.45) is 0 Å². The van der Waals surface area contributed by atoms with E-state index in [9.17, 15) is 4.79 Å². The molecule has 4 heteroatoms. The molecule has 3 N–H and O–H groups in total. The number of nitrogens with one attached hydrogen (secondary N) is 2. The zero-order chi connectivity index (χ0) is 11.0. The molecule has 4 nitrogen and oxygen atoms in total. The molecule has 0 aliphatic rings. The lowest BCUT2D eigenvalue weighted by atomic mass is 10.1. The van der Waals surface area contributed by atoms with E-state index in [1.165, 1.54) is 0 Å². The molecule has 14 heavy (non-hydrogen) atoms. The number of unbranched alkanes of at least 4 members (excludes halogenated alkanes) is 1. The van der Waals surface area contributed by atoms with Crippen LogP contribution in [0, 0.1) is 5.41 Å². The maximum Gasteiger partial charge on any atom is 0.333 e. The molecule has 0 aliphatic carbocycles. The van der Waals surface area contributed by atoms with E-state index in [1.807, 2.05) is 0 Å². The molecule has 0 saturated carbocycles. The summed E-state index contributed by atoms with van der Waals surface area (Å²) in [6.07, 6.45) is 3.53. The fourth-order valence-corrected chi connectivity index (χ4v) is 1.10. The lowest BCUT2D eigenvalue weighted by Gasteiger charge is -2.08. The molecule has 0 heterocycles. The van der Waals surface area contributed by atoms with Crippen LogP contribution < -0.4 is 5.32 Å². The van der Waals surface area contributed by atoms with Gasteiger partial charge in [-0.1, -0.05) is 20.3 Å². The minimum atomic E-state index is -0.949. The average Bonchev–Trinajstić information content (AvgIpc) is 2.16. The van der Waals surface area contributed by atoms with Crippen molar-refractivity contribution in [3.8, 4) is 0 Å². The first-order valence-electron chi connectivity index (χ1n) is 4.88. The van der Waals surface area contributed by atoms with E-state index in [4.69, 9.17) is 10.5 Å². The van der Waals surface area contributed by atoms with Gasteiger partial charge in [-0.15, -0.1) is 0 Å². The molecular weight excluding hydrogens is 180 g/mol. The smallest absolute Gasteiger partial charge is 0.333 e. The molecule has 0 aromatic carbocycles. The van der Waals surface area contributed by atoms with Crippen molar-refractivity contribution >= 4 is 12.2 Å². The van der Waals surface area contributed by atoms with Crippen LogP contribution in [0.4, 0.5) is 0 Å². The number of aliphatic carboxylic acids is 1. The van der Waals surface area contributed by atoms with Gasteiger partial charge in [0.2, 0.25) is 0 Å². The van der Waals surface area contributed by atoms with Crippen LogP contribution in [0.5, 0.6) is 0 Å². The van der Waals surface area contributed by atoms with Crippen LogP contribution in [0.1, 0.15) is 33.1 Å². The van der Waals surface area contributed by atoms with Gasteiger partial charge in [-0.25, -0.2) is 4.79 Å². The highest BCUT2D eigenvalue weighted by Crippen LogP contribution is 2.05. The Balaban J connectivity index is 4.46. The van der Waals surface area contributed by atoms with Crippen LogP contribution >= 0.6 is 0 Å². The minimum Gasteiger partial charge on any atom is -0.478 e. The van der Waals surface area contributed by atoms with E-state index in [2.05, 4.69) is 12.2 Å². The lowest BCUT2D eigenvalue weighted by molar-refractivity contribution is -0.132. The van der Waals surface area contributed by atoms with Gasteiger partial charge in [0.25, 0.3) is 0 Å². The summed E-state index contributed by atoms with van der Waals surface area (Å²) in [5.74, 6) is -0.949. The van der Waals surface area contributed by atoms with Gasteiger partial charge in [0.1, 0.15) is 0 Å². The molecule has 0 bridgehead atoms. The Bertz CT molecular complexity index is 234. The van der Waals surface area contributed by atoms with Crippen molar-refractivity contribution in [1.29, 1.82) is 5.41 Å². The predicted molar refractivity (Wildman–Crippen MR) is 56.6 cm³/mol. The maximum absolute atomic E-state index is 10.8. The number of hydrogen-bond donors (Lipinski definition) is 3. The Kier molecular flexibility index (Phi) is 6.45. The zero-order valence-electron chi connectivity index (χ0n) is 8.76. The van der Waals surface area contributed by atoms with Crippen LogP contribution in [0.3, 0.4) is 0 Å². The highest BCUT2D eigenvalue weighted by atomic mass is 16.4. The van der Waals surface area contributed by atoms with Crippen molar-refractivity contribution in [2.75, 3.05) is 6.54 Å². The molecule has 0 aliphatic heterocycles. The molecule has 0 spiro atoms. The van der Waals surface area contributed by atoms with Gasteiger partial charge < -0.3 is 15.8 Å². The summed E-state index contributed by atoms with van der Waals surface area (Å²) < 4.78 is 0. The summed E-state index contributed by atoms with van der Waals surface area (Å²) in [6.45, 7) is 4.56. The number of carbonyl (C=O) groups is 1. The Morgan fingerprint density at radius 1 is 1.50 bits per heavy atom. The second-order valence-electron chi connectivity index (χ2n) is 2.98. The molecule has 0 rings (SSSR count). The van der Waals surface area contributed by atoms with Gasteiger partial charge in [0, 0.05) is 12.8 Å². The van der Waals surface area contributed by atoms with Crippen LogP contribution in [0.2, 0.25) is 0 Å². The van der Waals surface area contributed by atoms with Gasteiger partial charge >= 0.3 is 5.97 Å². The van der Waals surface area contributed by atoms with Crippen LogP contribution in [-0.2, 0) is 4.79 Å². The number of allylic oxidation sites excluding steroid dienone is 1. The number of hydrogen-bond acceptors (Lipinski definition) is 3. The van der Waals surface area contributed by atoms with E-state index in [0.717, 1.165) is 25.6 Å². The standard InChI is InChI=1S/C10H18N2O2/c1-3-5-6-12-9(7-11)8(4-2)10(13)14/h7,11-12H,3-6H2,1-2H3,(H,13,14)/b9-8-,11-7?. The largest absolute Gasteiger partial charge is 0.478 e. The quantitative estimate of drug-likeness (QED) is 0.331. The number of carboxylic acid groups (broad SMARTS) is 1. The minimum absolute atomic E-state index is 0.274. The number of rotatable bonds is 7.